The first-order valence-electron chi connectivity index (χ1n) is 10.2. The Morgan fingerprint density at radius 1 is 1.11 bits per heavy atom. The van der Waals surface area contributed by atoms with Crippen LogP contribution in [0.25, 0.3) is 17.0 Å². The molecule has 1 saturated carbocycles. The lowest BCUT2D eigenvalue weighted by Gasteiger charge is -2.36. The molecule has 1 saturated heterocycles. The molecule has 3 heteroatoms. The maximum atomic E-state index is 5.06. The molecule has 1 aromatic carbocycles. The zero-order chi connectivity index (χ0) is 19.0. The molecule has 2 aliphatic rings. The summed E-state index contributed by atoms with van der Waals surface area (Å²) in [6, 6.07) is 13.0. The van der Waals surface area contributed by atoms with Crippen molar-refractivity contribution >= 4 is 11.5 Å². The highest BCUT2D eigenvalue weighted by Gasteiger charge is 2.34. The summed E-state index contributed by atoms with van der Waals surface area (Å²) in [6.45, 7) is 6.69. The van der Waals surface area contributed by atoms with Gasteiger partial charge in [0.25, 0.3) is 0 Å². The molecule has 0 spiro atoms. The summed E-state index contributed by atoms with van der Waals surface area (Å²) < 4.78 is 0. The van der Waals surface area contributed by atoms with Gasteiger partial charge >= 0.3 is 0 Å². The van der Waals surface area contributed by atoms with E-state index in [1.807, 2.05) is 0 Å². The van der Waals surface area contributed by atoms with Crippen LogP contribution in [0.5, 0.6) is 0 Å². The normalized spacial score (nSPS) is 22.2. The predicted molar refractivity (Wildman–Crippen MR) is 115 cm³/mol. The number of allylic oxidation sites excluding steroid dienone is 1. The fourth-order valence-corrected chi connectivity index (χ4v) is 4.87. The third-order valence-corrected chi connectivity index (χ3v) is 6.11. The molecule has 4 rings (SSSR count). The van der Waals surface area contributed by atoms with Gasteiger partial charge in [-0.3, -0.25) is 0 Å². The van der Waals surface area contributed by atoms with E-state index < -0.39 is 0 Å². The number of piperidine rings is 1. The third kappa shape index (κ3) is 3.60. The van der Waals surface area contributed by atoms with Crippen LogP contribution >= 0.6 is 0 Å². The standard InChI is InChI=1S/C24H31N3/c1-5-23(27-15-18-9-10-19(14-18)16-27)21-11-12-22(25-24(21)26(3)4)20-8-6-7-17(2)13-20/h5-8,11-13,18-19H,9-10,14-16H2,1-4H3/b23-5+. The number of likely N-dealkylation sites (tertiary alicyclic amines) is 1. The number of hydrogen-bond acceptors (Lipinski definition) is 3. The topological polar surface area (TPSA) is 19.4 Å². The zero-order valence-corrected chi connectivity index (χ0v) is 17.1. The quantitative estimate of drug-likeness (QED) is 0.745. The van der Waals surface area contributed by atoms with Crippen molar-refractivity contribution < 1.29 is 0 Å². The highest BCUT2D eigenvalue weighted by atomic mass is 15.2. The van der Waals surface area contributed by atoms with Gasteiger partial charge in [0.05, 0.1) is 5.69 Å². The van der Waals surface area contributed by atoms with Gasteiger partial charge in [-0.25, -0.2) is 4.98 Å². The fraction of sp³-hybridized carbons (Fsp3) is 0.458. The number of benzene rings is 1. The van der Waals surface area contributed by atoms with Crippen LogP contribution in [0.2, 0.25) is 0 Å². The van der Waals surface area contributed by atoms with Crippen molar-refractivity contribution in [3.63, 3.8) is 0 Å². The van der Waals surface area contributed by atoms with Gasteiger partial charge in [0.1, 0.15) is 5.82 Å². The Labute approximate surface area is 163 Å². The van der Waals surface area contributed by atoms with Gasteiger partial charge in [-0.1, -0.05) is 29.8 Å². The van der Waals surface area contributed by atoms with Crippen LogP contribution in [-0.4, -0.2) is 37.1 Å². The van der Waals surface area contributed by atoms with E-state index in [1.54, 1.807) is 0 Å². The molecular weight excluding hydrogens is 330 g/mol. The maximum Gasteiger partial charge on any atom is 0.138 e. The summed E-state index contributed by atoms with van der Waals surface area (Å²) >= 11 is 0. The van der Waals surface area contributed by atoms with Crippen LogP contribution < -0.4 is 4.90 Å². The summed E-state index contributed by atoms with van der Waals surface area (Å²) in [7, 11) is 4.19. The van der Waals surface area contributed by atoms with Crippen molar-refractivity contribution in [3.05, 3.63) is 53.6 Å². The minimum atomic E-state index is 0.876. The van der Waals surface area contributed by atoms with Gasteiger partial charge in [-0.15, -0.1) is 0 Å². The van der Waals surface area contributed by atoms with Gasteiger partial charge in [0, 0.05) is 44.0 Å². The molecule has 1 aliphatic carbocycles. The van der Waals surface area contributed by atoms with E-state index in [-0.39, 0.29) is 0 Å². The van der Waals surface area contributed by atoms with E-state index in [2.05, 4.69) is 80.2 Å². The van der Waals surface area contributed by atoms with Crippen LogP contribution in [0.4, 0.5) is 5.82 Å². The molecule has 2 unspecified atom stereocenters. The highest BCUT2D eigenvalue weighted by molar-refractivity contribution is 5.76. The van der Waals surface area contributed by atoms with Crippen molar-refractivity contribution in [1.82, 2.24) is 9.88 Å². The van der Waals surface area contributed by atoms with E-state index in [1.165, 1.54) is 54.7 Å². The lowest BCUT2D eigenvalue weighted by atomic mass is 9.97. The molecule has 2 atom stereocenters. The maximum absolute atomic E-state index is 5.06. The summed E-state index contributed by atoms with van der Waals surface area (Å²) in [4.78, 5) is 9.82. The van der Waals surface area contributed by atoms with Crippen LogP contribution in [0.15, 0.2) is 42.5 Å². The zero-order valence-electron chi connectivity index (χ0n) is 17.1. The number of aromatic nitrogens is 1. The Morgan fingerprint density at radius 2 is 1.85 bits per heavy atom. The van der Waals surface area contributed by atoms with Crippen molar-refractivity contribution in [3.8, 4) is 11.3 Å². The number of fused-ring (bicyclic) bond motifs is 2. The predicted octanol–water partition coefficient (Wildman–Crippen LogP) is 5.22. The monoisotopic (exact) mass is 361 g/mol. The number of pyridine rings is 1. The molecule has 3 nitrogen and oxygen atoms in total. The van der Waals surface area contributed by atoms with E-state index in [4.69, 9.17) is 4.98 Å². The Hall–Kier alpha value is -2.29. The Morgan fingerprint density at radius 3 is 2.48 bits per heavy atom. The van der Waals surface area contributed by atoms with Crippen molar-refractivity contribution in [2.45, 2.75) is 33.1 Å². The second-order valence-electron chi connectivity index (χ2n) is 8.46. The van der Waals surface area contributed by atoms with Crippen LogP contribution in [0, 0.1) is 18.8 Å². The molecule has 1 aromatic heterocycles. The molecular formula is C24H31N3. The molecule has 2 bridgehead atoms. The van der Waals surface area contributed by atoms with Crippen molar-refractivity contribution in [2.24, 2.45) is 11.8 Å². The Balaban J connectivity index is 1.71. The third-order valence-electron chi connectivity index (χ3n) is 6.11. The number of aryl methyl sites for hydroxylation is 1. The van der Waals surface area contributed by atoms with Crippen molar-refractivity contribution in [1.29, 1.82) is 0 Å². The van der Waals surface area contributed by atoms with E-state index in [0.29, 0.717) is 0 Å². The highest BCUT2D eigenvalue weighted by Crippen LogP contribution is 2.40. The largest absolute Gasteiger partial charge is 0.371 e. The average Bonchev–Trinajstić information content (AvgIpc) is 3.00. The van der Waals surface area contributed by atoms with Gasteiger partial charge < -0.3 is 9.80 Å². The average molecular weight is 362 g/mol. The Kier molecular flexibility index (Phi) is 4.94. The number of anilines is 1. The molecule has 2 heterocycles. The minimum Gasteiger partial charge on any atom is -0.371 e. The van der Waals surface area contributed by atoms with E-state index >= 15 is 0 Å². The second-order valence-corrected chi connectivity index (χ2v) is 8.46. The smallest absolute Gasteiger partial charge is 0.138 e. The Bertz CT molecular complexity index is 840. The summed E-state index contributed by atoms with van der Waals surface area (Å²) in [6.07, 6.45) is 6.52. The lowest BCUT2D eigenvalue weighted by Crippen LogP contribution is -2.35. The van der Waals surface area contributed by atoms with E-state index in [9.17, 15) is 0 Å². The number of hydrogen-bond donors (Lipinski definition) is 0. The first kappa shape index (κ1) is 18.1. The van der Waals surface area contributed by atoms with E-state index in [0.717, 1.165) is 23.3 Å². The number of rotatable bonds is 4. The summed E-state index contributed by atoms with van der Waals surface area (Å²) in [5.41, 5.74) is 6.09. The summed E-state index contributed by atoms with van der Waals surface area (Å²) in [5.74, 6) is 2.81. The lowest BCUT2D eigenvalue weighted by molar-refractivity contribution is 0.240. The molecule has 1 aliphatic heterocycles. The van der Waals surface area contributed by atoms with Gasteiger partial charge in [-0.2, -0.15) is 0 Å². The minimum absolute atomic E-state index is 0.876. The molecule has 2 fully saturated rings. The second kappa shape index (κ2) is 7.38. The summed E-state index contributed by atoms with van der Waals surface area (Å²) in [5, 5.41) is 0. The fourth-order valence-electron chi connectivity index (χ4n) is 4.87. The molecule has 27 heavy (non-hydrogen) atoms. The van der Waals surface area contributed by atoms with Gasteiger partial charge in [0.15, 0.2) is 0 Å². The first-order chi connectivity index (χ1) is 13.0. The SMILES string of the molecule is C/C=C(\c1ccc(-c2cccc(C)c2)nc1N(C)C)N1CC2CCC(C2)C1. The van der Waals surface area contributed by atoms with Crippen LogP contribution in [0.1, 0.15) is 37.3 Å². The van der Waals surface area contributed by atoms with Crippen molar-refractivity contribution in [2.75, 3.05) is 32.1 Å². The molecule has 0 N–H and O–H groups in total. The molecule has 2 aromatic rings. The van der Waals surface area contributed by atoms with Crippen LogP contribution in [0.3, 0.4) is 0 Å². The molecule has 142 valence electrons. The van der Waals surface area contributed by atoms with Gasteiger partial charge in [-0.05, 0) is 63.1 Å². The number of nitrogens with zero attached hydrogens (tertiary/aromatic N) is 3. The van der Waals surface area contributed by atoms with Crippen LogP contribution in [-0.2, 0) is 0 Å². The first-order valence-corrected chi connectivity index (χ1v) is 10.2. The molecule has 0 amide bonds. The molecule has 0 radical (unpaired) electrons. The van der Waals surface area contributed by atoms with Gasteiger partial charge in [0.2, 0.25) is 0 Å².